The van der Waals surface area contributed by atoms with E-state index in [1.54, 1.807) is 12.1 Å². The van der Waals surface area contributed by atoms with Gasteiger partial charge in [-0.05, 0) is 29.8 Å². The van der Waals surface area contributed by atoms with Gasteiger partial charge in [-0.2, -0.15) is 13.2 Å². The molecule has 104 valence electrons. The van der Waals surface area contributed by atoms with Crippen LogP contribution >= 0.6 is 11.6 Å². The summed E-state index contributed by atoms with van der Waals surface area (Å²) in [5.74, 6) is 0.563. The summed E-state index contributed by atoms with van der Waals surface area (Å²) in [6.07, 6.45) is -4.65. The number of hydrogen-bond donors (Lipinski definition) is 1. The average Bonchev–Trinajstić information content (AvgIpc) is 2.37. The van der Waals surface area contributed by atoms with Crippen molar-refractivity contribution in [1.29, 1.82) is 0 Å². The van der Waals surface area contributed by atoms with E-state index in [4.69, 9.17) is 22.1 Å². The summed E-state index contributed by atoms with van der Waals surface area (Å²) in [5.41, 5.74) is 4.59. The molecule has 0 amide bonds. The number of halogens is 4. The van der Waals surface area contributed by atoms with E-state index in [0.29, 0.717) is 11.3 Å². The van der Waals surface area contributed by atoms with Crippen LogP contribution < -0.4 is 10.5 Å². The number of aliphatic imine (C=N–C) groups is 1. The molecule has 1 aromatic rings. The van der Waals surface area contributed by atoms with Gasteiger partial charge in [-0.25, -0.2) is 0 Å². The predicted molar refractivity (Wildman–Crippen MR) is 69.4 cm³/mol. The summed E-state index contributed by atoms with van der Waals surface area (Å²) in [7, 11) is 2.49. The number of allylic oxidation sites excluding steroid dienone is 1. The van der Waals surface area contributed by atoms with Crippen LogP contribution in [0.1, 0.15) is 5.56 Å². The fourth-order valence-electron chi connectivity index (χ4n) is 1.37. The van der Waals surface area contributed by atoms with E-state index in [0.717, 1.165) is 7.05 Å². The van der Waals surface area contributed by atoms with Crippen molar-refractivity contribution < 1.29 is 17.9 Å². The molecule has 2 N–H and O–H groups in total. The van der Waals surface area contributed by atoms with Gasteiger partial charge in [0.05, 0.1) is 17.8 Å². The maximum atomic E-state index is 12.6. The molecule has 0 spiro atoms. The minimum atomic E-state index is -4.65. The number of nitrogens with zero attached hydrogens (tertiary/aromatic N) is 1. The first-order valence-electron chi connectivity index (χ1n) is 5.15. The maximum Gasteiger partial charge on any atom is 0.434 e. The van der Waals surface area contributed by atoms with Crippen molar-refractivity contribution in [2.45, 2.75) is 6.18 Å². The predicted octanol–water partition coefficient (Wildman–Crippen LogP) is 3.19. The molecule has 0 aromatic heterocycles. The van der Waals surface area contributed by atoms with E-state index in [-0.39, 0.29) is 5.70 Å². The van der Waals surface area contributed by atoms with Crippen molar-refractivity contribution in [3.05, 3.63) is 34.9 Å². The van der Waals surface area contributed by atoms with Crippen LogP contribution in [-0.2, 0) is 0 Å². The van der Waals surface area contributed by atoms with Gasteiger partial charge in [0.25, 0.3) is 0 Å². The average molecular weight is 293 g/mol. The van der Waals surface area contributed by atoms with Crippen molar-refractivity contribution in [2.24, 2.45) is 10.7 Å². The standard InChI is InChI=1S/C12H12ClF3N2O/c1-18-11(12(14,15)16)9(13)10(17)7-3-5-8(19-2)6-4-7/h3-6H,17H2,1-2H3. The quantitative estimate of drug-likeness (QED) is 0.870. The molecule has 0 atom stereocenters. The first-order chi connectivity index (χ1) is 8.81. The van der Waals surface area contributed by atoms with Gasteiger partial charge in [0.15, 0.2) is 5.71 Å². The van der Waals surface area contributed by atoms with Crippen LogP contribution in [0.5, 0.6) is 5.75 Å². The molecule has 19 heavy (non-hydrogen) atoms. The lowest BCUT2D eigenvalue weighted by atomic mass is 10.1. The molecule has 0 aliphatic carbocycles. The summed E-state index contributed by atoms with van der Waals surface area (Å²) in [6.45, 7) is 0. The molecule has 0 aliphatic heterocycles. The molecule has 0 aliphatic rings. The minimum Gasteiger partial charge on any atom is -0.497 e. The Morgan fingerprint density at radius 3 is 2.16 bits per heavy atom. The van der Waals surface area contributed by atoms with Crippen LogP contribution in [0.4, 0.5) is 13.2 Å². The second-order valence-corrected chi connectivity index (χ2v) is 3.90. The second-order valence-electron chi connectivity index (χ2n) is 3.53. The van der Waals surface area contributed by atoms with Crippen LogP contribution in [0, 0.1) is 0 Å². The molecular weight excluding hydrogens is 281 g/mol. The molecule has 1 aromatic carbocycles. The van der Waals surface area contributed by atoms with Gasteiger partial charge in [-0.3, -0.25) is 4.99 Å². The fourth-order valence-corrected chi connectivity index (χ4v) is 1.67. The summed E-state index contributed by atoms with van der Waals surface area (Å²) in [4.78, 5) is 3.14. The number of methoxy groups -OCH3 is 1. The van der Waals surface area contributed by atoms with Crippen LogP contribution in [0.15, 0.2) is 34.3 Å². The Morgan fingerprint density at radius 1 is 1.26 bits per heavy atom. The molecule has 0 radical (unpaired) electrons. The van der Waals surface area contributed by atoms with Gasteiger partial charge in [0.1, 0.15) is 5.75 Å². The molecule has 0 saturated carbocycles. The highest BCUT2D eigenvalue weighted by molar-refractivity contribution is 6.47. The topological polar surface area (TPSA) is 47.6 Å². The summed E-state index contributed by atoms with van der Waals surface area (Å²) < 4.78 is 42.9. The zero-order valence-corrected chi connectivity index (χ0v) is 11.0. The number of benzene rings is 1. The highest BCUT2D eigenvalue weighted by Crippen LogP contribution is 2.28. The van der Waals surface area contributed by atoms with Gasteiger partial charge in [-0.15, -0.1) is 0 Å². The van der Waals surface area contributed by atoms with Gasteiger partial charge in [0.2, 0.25) is 0 Å². The number of hydrogen-bond acceptors (Lipinski definition) is 3. The number of alkyl halides is 3. The van der Waals surface area contributed by atoms with E-state index in [1.165, 1.54) is 19.2 Å². The number of nitrogens with two attached hydrogens (primary N) is 1. The normalized spacial score (nSPS) is 14.1. The van der Waals surface area contributed by atoms with Crippen molar-refractivity contribution in [2.75, 3.05) is 14.2 Å². The lowest BCUT2D eigenvalue weighted by Gasteiger charge is -2.12. The lowest BCUT2D eigenvalue weighted by molar-refractivity contribution is -0.0579. The number of rotatable bonds is 3. The molecule has 0 heterocycles. The largest absolute Gasteiger partial charge is 0.497 e. The summed E-state index contributed by atoms with van der Waals surface area (Å²) >= 11 is 5.66. The fraction of sp³-hybridized carbons (Fsp3) is 0.250. The van der Waals surface area contributed by atoms with Crippen molar-refractivity contribution in [3.8, 4) is 5.75 Å². The summed E-state index contributed by atoms with van der Waals surface area (Å²) in [6, 6.07) is 6.17. The first kappa shape index (κ1) is 15.4. The van der Waals surface area contributed by atoms with E-state index >= 15 is 0 Å². The third-order valence-electron chi connectivity index (χ3n) is 2.34. The van der Waals surface area contributed by atoms with Crippen molar-refractivity contribution in [3.63, 3.8) is 0 Å². The SMILES string of the molecule is CN=C(C(Cl)=C(N)c1ccc(OC)cc1)C(F)(F)F. The lowest BCUT2D eigenvalue weighted by Crippen LogP contribution is -2.25. The minimum absolute atomic E-state index is 0.192. The Balaban J connectivity index is 3.20. The molecule has 3 nitrogen and oxygen atoms in total. The Morgan fingerprint density at radius 2 is 1.79 bits per heavy atom. The van der Waals surface area contributed by atoms with Crippen LogP contribution in [-0.4, -0.2) is 26.0 Å². The zero-order valence-electron chi connectivity index (χ0n) is 10.3. The zero-order chi connectivity index (χ0) is 14.6. The van der Waals surface area contributed by atoms with Gasteiger partial charge < -0.3 is 10.5 Å². The van der Waals surface area contributed by atoms with Crippen molar-refractivity contribution in [1.82, 2.24) is 0 Å². The molecule has 0 bridgehead atoms. The monoisotopic (exact) mass is 292 g/mol. The third-order valence-corrected chi connectivity index (χ3v) is 2.72. The van der Waals surface area contributed by atoms with Crippen LogP contribution in [0.2, 0.25) is 0 Å². The van der Waals surface area contributed by atoms with Gasteiger partial charge in [-0.1, -0.05) is 11.6 Å². The second kappa shape index (κ2) is 5.97. The molecule has 0 unspecified atom stereocenters. The van der Waals surface area contributed by atoms with E-state index in [9.17, 15) is 13.2 Å². The molecule has 0 fully saturated rings. The Kier molecular flexibility index (Phi) is 4.83. The number of ether oxygens (including phenoxy) is 1. The first-order valence-corrected chi connectivity index (χ1v) is 5.53. The highest BCUT2D eigenvalue weighted by Gasteiger charge is 2.38. The smallest absolute Gasteiger partial charge is 0.434 e. The van der Waals surface area contributed by atoms with Gasteiger partial charge >= 0.3 is 6.18 Å². The third kappa shape index (κ3) is 3.64. The maximum absolute atomic E-state index is 12.6. The van der Waals surface area contributed by atoms with E-state index < -0.39 is 16.9 Å². The van der Waals surface area contributed by atoms with E-state index in [1.807, 2.05) is 0 Å². The van der Waals surface area contributed by atoms with Gasteiger partial charge in [0, 0.05) is 7.05 Å². The Hall–Kier alpha value is -1.69. The van der Waals surface area contributed by atoms with Crippen LogP contribution in [0.25, 0.3) is 5.70 Å². The Labute approximate surface area is 113 Å². The molecule has 1 rings (SSSR count). The summed E-state index contributed by atoms with van der Waals surface area (Å²) in [5, 5.41) is -0.625. The van der Waals surface area contributed by atoms with Crippen molar-refractivity contribution >= 4 is 23.0 Å². The van der Waals surface area contributed by atoms with E-state index in [2.05, 4.69) is 4.99 Å². The molecular formula is C12H12ClF3N2O. The Bertz CT molecular complexity index is 507. The molecule has 7 heteroatoms. The van der Waals surface area contributed by atoms with Crippen LogP contribution in [0.3, 0.4) is 0 Å². The molecule has 0 saturated heterocycles. The highest BCUT2D eigenvalue weighted by atomic mass is 35.5.